The molecule has 0 heterocycles. The highest BCUT2D eigenvalue weighted by Gasteiger charge is 2.26. The Morgan fingerprint density at radius 3 is 2.37 bits per heavy atom. The van der Waals surface area contributed by atoms with Crippen LogP contribution in [0.4, 0.5) is 0 Å². The van der Waals surface area contributed by atoms with E-state index in [9.17, 15) is 8.42 Å². The first-order valence-electron chi connectivity index (χ1n) is 6.43. The number of nitrogens with one attached hydrogen (secondary N) is 1. The summed E-state index contributed by atoms with van der Waals surface area (Å²) < 4.78 is 26.9. The van der Waals surface area contributed by atoms with Crippen molar-refractivity contribution in [1.82, 2.24) is 4.72 Å². The van der Waals surface area contributed by atoms with Crippen molar-refractivity contribution in [1.29, 1.82) is 0 Å². The lowest BCUT2D eigenvalue weighted by atomic mass is 10.0. The van der Waals surface area contributed by atoms with Crippen LogP contribution in [0, 0.1) is 0 Å². The van der Waals surface area contributed by atoms with Gasteiger partial charge < -0.3 is 5.11 Å². The predicted octanol–water partition coefficient (Wildman–Crippen LogP) is 1.87. The van der Waals surface area contributed by atoms with E-state index in [1.807, 2.05) is 37.3 Å². The van der Waals surface area contributed by atoms with Gasteiger partial charge in [-0.15, -0.1) is 0 Å². The third kappa shape index (κ3) is 5.72. The van der Waals surface area contributed by atoms with Crippen molar-refractivity contribution in [3.05, 3.63) is 35.9 Å². The lowest BCUT2D eigenvalue weighted by molar-refractivity contribution is 0.245. The van der Waals surface area contributed by atoms with Crippen molar-refractivity contribution in [3.63, 3.8) is 0 Å². The van der Waals surface area contributed by atoms with E-state index in [0.717, 1.165) is 5.56 Å². The van der Waals surface area contributed by atoms with E-state index in [0.29, 0.717) is 6.42 Å². The van der Waals surface area contributed by atoms with Gasteiger partial charge in [0.25, 0.3) is 0 Å². The summed E-state index contributed by atoms with van der Waals surface area (Å²) in [5.41, 5.74) is 0.386. The van der Waals surface area contributed by atoms with Gasteiger partial charge in [0, 0.05) is 12.1 Å². The number of sulfonamides is 1. The number of rotatable bonds is 7. The van der Waals surface area contributed by atoms with Crippen LogP contribution in [-0.2, 0) is 10.0 Å². The number of hydrogen-bond acceptors (Lipinski definition) is 3. The summed E-state index contributed by atoms with van der Waals surface area (Å²) in [7, 11) is -3.37. The Hall–Kier alpha value is -0.910. The summed E-state index contributed by atoms with van der Waals surface area (Å²) in [6.45, 7) is 5.40. The van der Waals surface area contributed by atoms with Crippen molar-refractivity contribution in [2.24, 2.45) is 0 Å². The van der Waals surface area contributed by atoms with Gasteiger partial charge in [0.2, 0.25) is 10.0 Å². The van der Waals surface area contributed by atoms with E-state index in [1.165, 1.54) is 0 Å². The molecule has 1 aromatic rings. The van der Waals surface area contributed by atoms with Crippen LogP contribution in [0.5, 0.6) is 0 Å². The van der Waals surface area contributed by atoms with E-state index in [1.54, 1.807) is 13.8 Å². The largest absolute Gasteiger partial charge is 0.396 e. The number of aliphatic hydroxyl groups is 1. The van der Waals surface area contributed by atoms with Gasteiger partial charge in [-0.25, -0.2) is 13.1 Å². The smallest absolute Gasteiger partial charge is 0.212 e. The van der Waals surface area contributed by atoms with Crippen LogP contribution in [0.1, 0.15) is 38.7 Å². The molecule has 1 aromatic carbocycles. The van der Waals surface area contributed by atoms with E-state index in [-0.39, 0.29) is 18.3 Å². The maximum absolute atomic E-state index is 12.1. The molecular weight excluding hydrogens is 262 g/mol. The first kappa shape index (κ1) is 16.1. The number of aliphatic hydroxyl groups excluding tert-OH is 1. The third-order valence-corrected chi connectivity index (χ3v) is 4.81. The van der Waals surface area contributed by atoms with Crippen molar-refractivity contribution in [2.45, 2.75) is 38.6 Å². The van der Waals surface area contributed by atoms with Gasteiger partial charge in [-0.05, 0) is 31.7 Å². The maximum Gasteiger partial charge on any atom is 0.212 e. The van der Waals surface area contributed by atoms with Gasteiger partial charge in [-0.3, -0.25) is 0 Å². The molecule has 0 saturated carbocycles. The molecule has 2 N–H and O–H groups in total. The SMILES string of the molecule is CC(CS(=O)(=O)NC(C)(C)CCO)c1ccccc1. The topological polar surface area (TPSA) is 66.4 Å². The van der Waals surface area contributed by atoms with Crippen LogP contribution in [0.15, 0.2) is 30.3 Å². The molecule has 4 nitrogen and oxygen atoms in total. The molecular formula is C14H23NO3S. The lowest BCUT2D eigenvalue weighted by Crippen LogP contribution is -2.45. The van der Waals surface area contributed by atoms with Crippen molar-refractivity contribution in [2.75, 3.05) is 12.4 Å². The highest BCUT2D eigenvalue weighted by Crippen LogP contribution is 2.18. The van der Waals surface area contributed by atoms with E-state index in [2.05, 4.69) is 4.72 Å². The van der Waals surface area contributed by atoms with Gasteiger partial charge in [0.05, 0.1) is 5.75 Å². The molecule has 5 heteroatoms. The fraction of sp³-hybridized carbons (Fsp3) is 0.571. The monoisotopic (exact) mass is 285 g/mol. The molecule has 1 atom stereocenters. The average Bonchev–Trinajstić information content (AvgIpc) is 2.27. The van der Waals surface area contributed by atoms with Crippen LogP contribution in [0.25, 0.3) is 0 Å². The minimum atomic E-state index is -3.37. The van der Waals surface area contributed by atoms with E-state index < -0.39 is 15.6 Å². The molecule has 0 spiro atoms. The van der Waals surface area contributed by atoms with Crippen LogP contribution in [0.3, 0.4) is 0 Å². The van der Waals surface area contributed by atoms with Gasteiger partial charge in [-0.2, -0.15) is 0 Å². The summed E-state index contributed by atoms with van der Waals surface area (Å²) in [6, 6.07) is 9.58. The molecule has 0 amide bonds. The molecule has 108 valence electrons. The Morgan fingerprint density at radius 2 is 1.84 bits per heavy atom. The second-order valence-corrected chi connectivity index (χ2v) is 7.32. The van der Waals surface area contributed by atoms with E-state index in [4.69, 9.17) is 5.11 Å². The Morgan fingerprint density at radius 1 is 1.26 bits per heavy atom. The first-order chi connectivity index (χ1) is 8.76. The molecule has 19 heavy (non-hydrogen) atoms. The summed E-state index contributed by atoms with van der Waals surface area (Å²) >= 11 is 0. The zero-order valence-electron chi connectivity index (χ0n) is 11.8. The molecule has 0 aliphatic carbocycles. The maximum atomic E-state index is 12.1. The van der Waals surface area contributed by atoms with Gasteiger partial charge >= 0.3 is 0 Å². The third-order valence-electron chi connectivity index (χ3n) is 3.01. The van der Waals surface area contributed by atoms with Crippen LogP contribution in [0.2, 0.25) is 0 Å². The fourth-order valence-corrected chi connectivity index (χ4v) is 3.88. The molecule has 1 unspecified atom stereocenters. The van der Waals surface area contributed by atoms with Crippen LogP contribution < -0.4 is 4.72 Å². The summed E-state index contributed by atoms with van der Waals surface area (Å²) in [6.07, 6.45) is 0.395. The minimum absolute atomic E-state index is 0.0379. The fourth-order valence-electron chi connectivity index (χ4n) is 2.00. The Balaban J connectivity index is 2.70. The normalized spacial score (nSPS) is 14.3. The second-order valence-electron chi connectivity index (χ2n) is 5.55. The summed E-state index contributed by atoms with van der Waals surface area (Å²) in [5, 5.41) is 8.92. The zero-order valence-corrected chi connectivity index (χ0v) is 12.6. The number of benzene rings is 1. The number of hydrogen-bond donors (Lipinski definition) is 2. The summed E-state index contributed by atoms with van der Waals surface area (Å²) in [4.78, 5) is 0. The summed E-state index contributed by atoms with van der Waals surface area (Å²) in [5.74, 6) is -0.0186. The van der Waals surface area contributed by atoms with Gasteiger partial charge in [0.1, 0.15) is 0 Å². The van der Waals surface area contributed by atoms with Crippen molar-refractivity contribution < 1.29 is 13.5 Å². The van der Waals surface area contributed by atoms with E-state index >= 15 is 0 Å². The standard InChI is InChI=1S/C14H23NO3S/c1-12(13-7-5-4-6-8-13)11-19(17,18)15-14(2,3)9-10-16/h4-8,12,15-16H,9-11H2,1-3H3. The molecule has 0 aliphatic rings. The molecule has 0 aromatic heterocycles. The molecule has 0 fully saturated rings. The first-order valence-corrected chi connectivity index (χ1v) is 8.08. The lowest BCUT2D eigenvalue weighted by Gasteiger charge is -2.26. The quantitative estimate of drug-likeness (QED) is 0.803. The Labute approximate surface area is 115 Å². The van der Waals surface area contributed by atoms with Gasteiger partial charge in [-0.1, -0.05) is 37.3 Å². The molecule has 0 radical (unpaired) electrons. The van der Waals surface area contributed by atoms with Crippen molar-refractivity contribution in [3.8, 4) is 0 Å². The minimum Gasteiger partial charge on any atom is -0.396 e. The predicted molar refractivity (Wildman–Crippen MR) is 77.6 cm³/mol. The van der Waals surface area contributed by atoms with Crippen LogP contribution in [-0.4, -0.2) is 31.4 Å². The Bertz CT molecular complexity index is 483. The molecule has 1 rings (SSSR count). The van der Waals surface area contributed by atoms with Crippen molar-refractivity contribution >= 4 is 10.0 Å². The van der Waals surface area contributed by atoms with Crippen LogP contribution >= 0.6 is 0 Å². The van der Waals surface area contributed by atoms with Gasteiger partial charge in [0.15, 0.2) is 0 Å². The molecule has 0 saturated heterocycles. The molecule has 0 bridgehead atoms. The molecule has 0 aliphatic heterocycles. The zero-order chi connectivity index (χ0) is 14.5. The highest BCUT2D eigenvalue weighted by molar-refractivity contribution is 7.89. The second kappa shape index (κ2) is 6.50. The Kier molecular flexibility index (Phi) is 5.52. The average molecular weight is 285 g/mol. The highest BCUT2D eigenvalue weighted by atomic mass is 32.2.